The topological polar surface area (TPSA) is 39.7 Å². The number of para-hydroxylation sites is 1. The summed E-state index contributed by atoms with van der Waals surface area (Å²) < 4.78 is 0. The third-order valence-electron chi connectivity index (χ3n) is 6.30. The van der Waals surface area contributed by atoms with Crippen LogP contribution in [0.4, 0.5) is 5.69 Å². The van der Waals surface area contributed by atoms with Crippen LogP contribution in [0.1, 0.15) is 31.4 Å². The van der Waals surface area contributed by atoms with E-state index in [-0.39, 0.29) is 0 Å². The van der Waals surface area contributed by atoms with Crippen LogP contribution < -0.4 is 4.90 Å². The molecule has 1 aromatic heterocycles. The second-order valence-corrected chi connectivity index (χ2v) is 8.48. The molecule has 5 heteroatoms. The molecule has 1 atom stereocenters. The number of rotatable bonds is 4. The summed E-state index contributed by atoms with van der Waals surface area (Å²) in [6.07, 6.45) is 4.12. The van der Waals surface area contributed by atoms with Gasteiger partial charge in [0.1, 0.15) is 0 Å². The van der Waals surface area contributed by atoms with Gasteiger partial charge in [0.15, 0.2) is 0 Å². The van der Waals surface area contributed by atoms with Crippen LogP contribution in [-0.2, 0) is 4.79 Å². The minimum atomic E-state index is 0.343. The predicted octanol–water partition coefficient (Wildman–Crippen LogP) is 3.31. The largest absolute Gasteiger partial charge is 0.371 e. The lowest BCUT2D eigenvalue weighted by Gasteiger charge is -2.36. The Hall–Kier alpha value is -2.14. The first-order valence-corrected chi connectivity index (χ1v) is 10.7. The third-order valence-corrected chi connectivity index (χ3v) is 6.30. The Kier molecular flexibility index (Phi) is 5.81. The quantitative estimate of drug-likeness (QED) is 0.816. The molecule has 0 unspecified atom stereocenters. The highest BCUT2D eigenvalue weighted by Gasteiger charge is 2.24. The molecule has 2 fully saturated rings. The van der Waals surface area contributed by atoms with Crippen molar-refractivity contribution in [2.75, 3.05) is 51.2 Å². The van der Waals surface area contributed by atoms with E-state index in [9.17, 15) is 4.79 Å². The van der Waals surface area contributed by atoms with Crippen molar-refractivity contribution < 1.29 is 4.79 Å². The van der Waals surface area contributed by atoms with Gasteiger partial charge in [0.05, 0.1) is 5.52 Å². The normalized spacial score (nSPS) is 21.3. The van der Waals surface area contributed by atoms with Crippen molar-refractivity contribution in [3.8, 4) is 0 Å². The summed E-state index contributed by atoms with van der Waals surface area (Å²) in [5, 5.41) is 1.24. The van der Waals surface area contributed by atoms with Gasteiger partial charge in [0.25, 0.3) is 0 Å². The number of carbonyl (C=O) groups is 1. The SMILES string of the molecule is Cc1cc(N2CCC[C@H](CCC(=O)N3CCN(C)CC3)C2)c2ccccc2n1. The number of pyridine rings is 1. The van der Waals surface area contributed by atoms with E-state index in [1.165, 1.54) is 23.9 Å². The van der Waals surface area contributed by atoms with Gasteiger partial charge in [-0.25, -0.2) is 0 Å². The molecule has 2 aromatic rings. The Morgan fingerprint density at radius 2 is 1.93 bits per heavy atom. The van der Waals surface area contributed by atoms with Gasteiger partial charge in [-0.2, -0.15) is 0 Å². The summed E-state index contributed by atoms with van der Waals surface area (Å²) in [5.74, 6) is 0.938. The van der Waals surface area contributed by atoms with Crippen molar-refractivity contribution >= 4 is 22.5 Å². The fourth-order valence-electron chi connectivity index (χ4n) is 4.61. The molecular formula is C23H32N4O. The Morgan fingerprint density at radius 1 is 1.14 bits per heavy atom. The lowest BCUT2D eigenvalue weighted by Crippen LogP contribution is -2.47. The van der Waals surface area contributed by atoms with Gasteiger partial charge in [-0.05, 0) is 51.3 Å². The summed E-state index contributed by atoms with van der Waals surface area (Å²) in [5.41, 5.74) is 3.45. The molecule has 1 aromatic carbocycles. The standard InChI is InChI=1S/C23H32N4O/c1-18-16-22(20-7-3-4-8-21(20)24-18)27-11-5-6-19(17-27)9-10-23(28)26-14-12-25(2)13-15-26/h3-4,7-8,16,19H,5-6,9-15,17H2,1-2H3/t19-/m1/s1. The van der Waals surface area contributed by atoms with Gasteiger partial charge in [-0.15, -0.1) is 0 Å². The maximum atomic E-state index is 12.6. The van der Waals surface area contributed by atoms with E-state index in [1.54, 1.807) is 0 Å². The van der Waals surface area contributed by atoms with Crippen LogP contribution in [0, 0.1) is 12.8 Å². The van der Waals surface area contributed by atoms with Crippen LogP contribution in [0.2, 0.25) is 0 Å². The molecule has 2 aliphatic rings. The summed E-state index contributed by atoms with van der Waals surface area (Å²) >= 11 is 0. The number of aryl methyl sites for hydroxylation is 1. The van der Waals surface area contributed by atoms with Crippen LogP contribution >= 0.6 is 0 Å². The monoisotopic (exact) mass is 380 g/mol. The van der Waals surface area contributed by atoms with Crippen molar-refractivity contribution in [1.29, 1.82) is 0 Å². The van der Waals surface area contributed by atoms with Gasteiger partial charge in [0, 0.05) is 62.5 Å². The molecule has 3 heterocycles. The van der Waals surface area contributed by atoms with E-state index >= 15 is 0 Å². The molecule has 0 N–H and O–H groups in total. The number of piperazine rings is 1. The number of nitrogens with zero attached hydrogens (tertiary/aromatic N) is 4. The van der Waals surface area contributed by atoms with Gasteiger partial charge >= 0.3 is 0 Å². The third kappa shape index (κ3) is 4.30. The van der Waals surface area contributed by atoms with E-state index in [0.29, 0.717) is 18.2 Å². The molecule has 0 bridgehead atoms. The number of amides is 1. The average Bonchev–Trinajstić information content (AvgIpc) is 2.72. The molecule has 5 nitrogen and oxygen atoms in total. The number of aromatic nitrogens is 1. The first-order valence-electron chi connectivity index (χ1n) is 10.7. The molecule has 0 saturated carbocycles. The Morgan fingerprint density at radius 3 is 2.75 bits per heavy atom. The van der Waals surface area contributed by atoms with E-state index in [0.717, 1.165) is 56.9 Å². The smallest absolute Gasteiger partial charge is 0.222 e. The maximum Gasteiger partial charge on any atom is 0.222 e. The zero-order valence-electron chi connectivity index (χ0n) is 17.2. The lowest BCUT2D eigenvalue weighted by molar-refractivity contribution is -0.133. The summed E-state index contributed by atoms with van der Waals surface area (Å²) in [4.78, 5) is 24.2. The van der Waals surface area contributed by atoms with Gasteiger partial charge in [-0.1, -0.05) is 18.2 Å². The highest BCUT2D eigenvalue weighted by atomic mass is 16.2. The Bertz CT molecular complexity index is 828. The minimum absolute atomic E-state index is 0.343. The van der Waals surface area contributed by atoms with Gasteiger partial charge < -0.3 is 14.7 Å². The second-order valence-electron chi connectivity index (χ2n) is 8.48. The summed E-state index contributed by atoms with van der Waals surface area (Å²) in [6.45, 7) is 7.98. The van der Waals surface area contributed by atoms with E-state index in [2.05, 4.69) is 64.0 Å². The number of anilines is 1. The number of benzene rings is 1. The highest BCUT2D eigenvalue weighted by molar-refractivity contribution is 5.92. The van der Waals surface area contributed by atoms with Gasteiger partial charge in [0.2, 0.25) is 5.91 Å². The first-order chi connectivity index (χ1) is 13.6. The number of carbonyl (C=O) groups excluding carboxylic acids is 1. The number of fused-ring (bicyclic) bond motifs is 1. The molecular weight excluding hydrogens is 348 g/mol. The van der Waals surface area contributed by atoms with Crippen LogP contribution in [-0.4, -0.2) is 67.0 Å². The van der Waals surface area contributed by atoms with E-state index in [4.69, 9.17) is 0 Å². The number of hydrogen-bond acceptors (Lipinski definition) is 4. The fourth-order valence-corrected chi connectivity index (χ4v) is 4.61. The van der Waals surface area contributed by atoms with Crippen molar-refractivity contribution in [3.05, 3.63) is 36.0 Å². The fraction of sp³-hybridized carbons (Fsp3) is 0.565. The number of hydrogen-bond donors (Lipinski definition) is 0. The highest BCUT2D eigenvalue weighted by Crippen LogP contribution is 2.31. The van der Waals surface area contributed by atoms with E-state index < -0.39 is 0 Å². The molecule has 2 aliphatic heterocycles. The average molecular weight is 381 g/mol. The van der Waals surface area contributed by atoms with Crippen LogP contribution in [0.5, 0.6) is 0 Å². The van der Waals surface area contributed by atoms with Crippen molar-refractivity contribution in [2.24, 2.45) is 5.92 Å². The lowest BCUT2D eigenvalue weighted by atomic mass is 9.92. The predicted molar refractivity (Wildman–Crippen MR) is 115 cm³/mol. The molecule has 4 rings (SSSR count). The summed E-state index contributed by atoms with van der Waals surface area (Å²) in [6, 6.07) is 10.7. The van der Waals surface area contributed by atoms with Gasteiger partial charge in [-0.3, -0.25) is 9.78 Å². The molecule has 1 amide bonds. The second kappa shape index (κ2) is 8.48. The molecule has 28 heavy (non-hydrogen) atoms. The first kappa shape index (κ1) is 19.2. The van der Waals surface area contributed by atoms with Crippen LogP contribution in [0.3, 0.4) is 0 Å². The zero-order chi connectivity index (χ0) is 19.5. The maximum absolute atomic E-state index is 12.6. The Labute approximate surface area is 168 Å². The molecule has 2 saturated heterocycles. The number of piperidine rings is 1. The minimum Gasteiger partial charge on any atom is -0.371 e. The molecule has 0 aliphatic carbocycles. The van der Waals surface area contributed by atoms with Crippen molar-refractivity contribution in [1.82, 2.24) is 14.8 Å². The molecule has 150 valence electrons. The summed E-state index contributed by atoms with van der Waals surface area (Å²) in [7, 11) is 2.13. The zero-order valence-corrected chi connectivity index (χ0v) is 17.2. The van der Waals surface area contributed by atoms with Crippen LogP contribution in [0.25, 0.3) is 10.9 Å². The van der Waals surface area contributed by atoms with Crippen LogP contribution in [0.15, 0.2) is 30.3 Å². The molecule has 0 radical (unpaired) electrons. The number of likely N-dealkylation sites (N-methyl/N-ethyl adjacent to an activating group) is 1. The molecule has 0 spiro atoms. The Balaban J connectivity index is 1.39. The van der Waals surface area contributed by atoms with E-state index in [1.807, 2.05) is 0 Å². The van der Waals surface area contributed by atoms with Crippen molar-refractivity contribution in [2.45, 2.75) is 32.6 Å². The van der Waals surface area contributed by atoms with Crippen molar-refractivity contribution in [3.63, 3.8) is 0 Å².